The lowest BCUT2D eigenvalue weighted by Gasteiger charge is -2.08. The molecule has 8 aromatic rings. The fraction of sp³-hybridized carbons (Fsp3) is 0.191. The number of thiophene rings is 2. The fourth-order valence-electron chi connectivity index (χ4n) is 7.38. The van der Waals surface area contributed by atoms with E-state index in [2.05, 4.69) is 47.2 Å². The third-order valence-electron chi connectivity index (χ3n) is 9.93. The Morgan fingerprint density at radius 3 is 1.12 bits per heavy atom. The number of aryl methyl sites for hydroxylation is 2. The van der Waals surface area contributed by atoms with Gasteiger partial charge in [-0.2, -0.15) is 0 Å². The molecule has 0 aliphatic heterocycles. The van der Waals surface area contributed by atoms with E-state index in [4.69, 9.17) is 30.6 Å². The fourth-order valence-corrected chi connectivity index (χ4v) is 8.75. The van der Waals surface area contributed by atoms with Gasteiger partial charge in [0.2, 0.25) is 11.6 Å². The number of carboxylic acids is 2. The van der Waals surface area contributed by atoms with Crippen molar-refractivity contribution < 1.29 is 29.4 Å². The smallest absolute Gasteiger partial charge is 0.300 e. The summed E-state index contributed by atoms with van der Waals surface area (Å²) in [5.41, 5.74) is 8.49. The number of nitrogens with zero attached hydrogens (tertiary/aromatic N) is 2. The number of carboxylic acid groups (broad SMARTS) is 2. The van der Waals surface area contributed by atoms with Crippen LogP contribution in [0.5, 0.6) is 0 Å². The quantitative estimate of drug-likeness (QED) is 0.0707. The maximum Gasteiger partial charge on any atom is 0.300 e. The molecule has 59 heavy (non-hydrogen) atoms. The highest BCUT2D eigenvalue weighted by Crippen LogP contribution is 2.34. The highest BCUT2D eigenvalue weighted by atomic mass is 32.1. The molecule has 0 amide bonds. The van der Waals surface area contributed by atoms with Crippen LogP contribution in [0.25, 0.3) is 43.6 Å². The van der Waals surface area contributed by atoms with Gasteiger partial charge in [-0.1, -0.05) is 24.3 Å². The van der Waals surface area contributed by atoms with Crippen molar-refractivity contribution >= 4 is 101 Å². The first-order chi connectivity index (χ1) is 28.3. The topological polar surface area (TPSA) is 166 Å². The molecule has 300 valence electrons. The third kappa shape index (κ3) is 9.14. The van der Waals surface area contributed by atoms with E-state index < -0.39 is 11.9 Å². The monoisotopic (exact) mass is 824 g/mol. The number of hydrogen-bond acceptors (Lipinski definition) is 8. The number of hydrogen-bond donors (Lipinski definition) is 4. The molecular formula is C47H44N4O6S2. The second-order valence-electron chi connectivity index (χ2n) is 13.9. The van der Waals surface area contributed by atoms with Crippen LogP contribution in [-0.2, 0) is 22.7 Å². The Hall–Kier alpha value is -6.50. The SMILES string of the molecule is CC(=O)O.CC(=O)O.CCn1c2ccc(C(=N)CCCC(=N)c3ccc4c(c3)c3cc(C(=O)c5cccs5)ccc3n4CC)cc2c2cc(C(=O)c3cccs3)ccc21. The number of nitrogens with one attached hydrogen (secondary N) is 2. The van der Waals surface area contributed by atoms with Crippen LogP contribution in [0.4, 0.5) is 0 Å². The first-order valence-corrected chi connectivity index (χ1v) is 20.9. The molecule has 0 saturated heterocycles. The van der Waals surface area contributed by atoms with Gasteiger partial charge in [-0.3, -0.25) is 19.2 Å². The largest absolute Gasteiger partial charge is 0.481 e. The van der Waals surface area contributed by atoms with Gasteiger partial charge in [-0.15, -0.1) is 22.7 Å². The van der Waals surface area contributed by atoms with Crippen LogP contribution in [0, 0.1) is 10.8 Å². The van der Waals surface area contributed by atoms with Crippen molar-refractivity contribution in [1.29, 1.82) is 10.8 Å². The van der Waals surface area contributed by atoms with Crippen LogP contribution < -0.4 is 0 Å². The molecule has 12 heteroatoms. The lowest BCUT2D eigenvalue weighted by atomic mass is 9.98. The molecule has 0 fully saturated rings. The summed E-state index contributed by atoms with van der Waals surface area (Å²) in [6.07, 6.45) is 1.78. The molecular weight excluding hydrogens is 781 g/mol. The molecule has 0 unspecified atom stereocenters. The Kier molecular flexibility index (Phi) is 13.1. The van der Waals surface area contributed by atoms with Gasteiger partial charge < -0.3 is 30.2 Å². The van der Waals surface area contributed by atoms with Crippen LogP contribution in [0.1, 0.15) is 88.6 Å². The molecule has 0 bridgehead atoms. The average molecular weight is 825 g/mol. The van der Waals surface area contributed by atoms with E-state index in [-0.39, 0.29) is 11.6 Å². The van der Waals surface area contributed by atoms with Crippen LogP contribution in [0.15, 0.2) is 108 Å². The van der Waals surface area contributed by atoms with Crippen molar-refractivity contribution in [1.82, 2.24) is 9.13 Å². The first kappa shape index (κ1) is 42.1. The zero-order valence-corrected chi connectivity index (χ0v) is 34.8. The molecule has 0 radical (unpaired) electrons. The van der Waals surface area contributed by atoms with E-state index in [0.717, 1.165) is 91.4 Å². The van der Waals surface area contributed by atoms with E-state index in [1.54, 1.807) is 0 Å². The van der Waals surface area contributed by atoms with Crippen LogP contribution >= 0.6 is 22.7 Å². The van der Waals surface area contributed by atoms with Crippen molar-refractivity contribution in [3.05, 3.63) is 140 Å². The van der Waals surface area contributed by atoms with Crippen LogP contribution in [0.2, 0.25) is 0 Å². The van der Waals surface area contributed by atoms with Gasteiger partial charge in [0, 0.05) is 93.1 Å². The van der Waals surface area contributed by atoms with Crippen LogP contribution in [-0.4, -0.2) is 54.3 Å². The number of aliphatic carboxylic acids is 2. The minimum Gasteiger partial charge on any atom is -0.481 e. The summed E-state index contributed by atoms with van der Waals surface area (Å²) in [5, 5.41) is 40.8. The molecule has 8 rings (SSSR count). The van der Waals surface area contributed by atoms with E-state index in [1.165, 1.54) is 22.7 Å². The number of rotatable bonds is 12. The molecule has 10 nitrogen and oxygen atoms in total. The van der Waals surface area contributed by atoms with Crippen molar-refractivity contribution in [2.75, 3.05) is 0 Å². The van der Waals surface area contributed by atoms with Gasteiger partial charge in [0.25, 0.3) is 11.9 Å². The van der Waals surface area contributed by atoms with Gasteiger partial charge in [0.1, 0.15) is 0 Å². The van der Waals surface area contributed by atoms with Gasteiger partial charge in [-0.25, -0.2) is 0 Å². The van der Waals surface area contributed by atoms with Gasteiger partial charge in [0.15, 0.2) is 0 Å². The summed E-state index contributed by atoms with van der Waals surface area (Å²) in [7, 11) is 0. The number of carbonyl (C=O) groups excluding carboxylic acids is 2. The van der Waals surface area contributed by atoms with Crippen molar-refractivity contribution in [3.63, 3.8) is 0 Å². The Balaban J connectivity index is 0.000000673. The average Bonchev–Trinajstić information content (AvgIpc) is 4.05. The standard InChI is InChI=1S/C43H36N4O2S2.2C2H4O2/c1-3-46-36-16-12-26(22-30(36)32-24-28(14-18-38(32)46)42(48)40-10-6-20-50-40)34(44)8-5-9-35(45)27-13-17-37-31(23-27)33-25-29(15-19-39(33)47(37)4-2)43(49)41-11-7-21-51-41;2*1-2(3)4/h6-7,10-25,44-45H,3-5,8-9H2,1-2H3;2*1H3,(H,3,4). The zero-order valence-electron chi connectivity index (χ0n) is 33.2. The lowest BCUT2D eigenvalue weighted by Crippen LogP contribution is -2.03. The maximum atomic E-state index is 13.2. The second kappa shape index (κ2) is 18.4. The van der Waals surface area contributed by atoms with Crippen molar-refractivity contribution in [2.24, 2.45) is 0 Å². The Morgan fingerprint density at radius 1 is 0.525 bits per heavy atom. The van der Waals surface area contributed by atoms with E-state index >= 15 is 0 Å². The normalized spacial score (nSPS) is 10.9. The summed E-state index contributed by atoms with van der Waals surface area (Å²) in [5.74, 6) is -1.61. The number of fused-ring (bicyclic) bond motifs is 6. The number of ketones is 2. The van der Waals surface area contributed by atoms with Crippen molar-refractivity contribution in [3.8, 4) is 0 Å². The molecule has 4 aromatic carbocycles. The summed E-state index contributed by atoms with van der Waals surface area (Å²) in [6, 6.07) is 31.8. The Bertz CT molecular complexity index is 2680. The van der Waals surface area contributed by atoms with E-state index in [0.29, 0.717) is 41.8 Å². The lowest BCUT2D eigenvalue weighted by molar-refractivity contribution is -0.135. The second-order valence-corrected chi connectivity index (χ2v) is 15.8. The summed E-state index contributed by atoms with van der Waals surface area (Å²) in [4.78, 5) is 45.8. The maximum absolute atomic E-state index is 13.2. The van der Waals surface area contributed by atoms with Gasteiger partial charge >= 0.3 is 0 Å². The first-order valence-electron chi connectivity index (χ1n) is 19.2. The van der Waals surface area contributed by atoms with Gasteiger partial charge in [0.05, 0.1) is 9.75 Å². The molecule has 0 atom stereocenters. The molecule has 0 aliphatic rings. The third-order valence-corrected chi connectivity index (χ3v) is 11.7. The number of carbonyl (C=O) groups is 4. The Labute approximate surface area is 349 Å². The van der Waals surface area contributed by atoms with Crippen molar-refractivity contribution in [2.45, 2.75) is 60.0 Å². The van der Waals surface area contributed by atoms with Gasteiger partial charge in [-0.05, 0) is 128 Å². The predicted octanol–water partition coefficient (Wildman–Crippen LogP) is 11.3. The minimum atomic E-state index is -0.833. The summed E-state index contributed by atoms with van der Waals surface area (Å²) >= 11 is 2.91. The molecule has 4 heterocycles. The molecule has 4 N–H and O–H groups in total. The van der Waals surface area contributed by atoms with E-state index in [1.807, 2.05) is 83.6 Å². The van der Waals surface area contributed by atoms with E-state index in [9.17, 15) is 9.59 Å². The zero-order chi connectivity index (χ0) is 42.4. The summed E-state index contributed by atoms with van der Waals surface area (Å²) in [6.45, 7) is 8.02. The number of aromatic nitrogens is 2. The molecule has 0 spiro atoms. The number of benzene rings is 4. The molecule has 4 aromatic heterocycles. The highest BCUT2D eigenvalue weighted by molar-refractivity contribution is 7.12. The predicted molar refractivity (Wildman–Crippen MR) is 240 cm³/mol. The summed E-state index contributed by atoms with van der Waals surface area (Å²) < 4.78 is 4.52. The Morgan fingerprint density at radius 2 is 0.831 bits per heavy atom. The minimum absolute atomic E-state index is 0.0277. The highest BCUT2D eigenvalue weighted by Gasteiger charge is 2.18. The van der Waals surface area contributed by atoms with Crippen LogP contribution in [0.3, 0.4) is 0 Å². The molecule has 0 aliphatic carbocycles. The molecule has 0 saturated carbocycles.